The first-order valence-electron chi connectivity index (χ1n) is 5.11. The van der Waals surface area contributed by atoms with Gasteiger partial charge in [-0.2, -0.15) is 0 Å². The fourth-order valence-corrected chi connectivity index (χ4v) is 1.88. The summed E-state index contributed by atoms with van der Waals surface area (Å²) in [5.74, 6) is -0.0319. The quantitative estimate of drug-likeness (QED) is 0.823. The molecule has 2 rings (SSSR count). The second kappa shape index (κ2) is 6.04. The standard InChI is InChI=1S/C10H15N3O3.Y/c1-6-7(15-2)5-9(16-6)13-4-3-8(11)12-10(13)14;/h3-4,6-7,9H,5H2,1-2H3,(H2,11,12,14);/p-1/t6-,7-,9-;/m1./s1. The summed E-state index contributed by atoms with van der Waals surface area (Å²) in [6, 6.07) is 1.47. The number of hydrogen-bond acceptors (Lipinski definition) is 4. The second-order valence-corrected chi connectivity index (χ2v) is 3.81. The van der Waals surface area contributed by atoms with Crippen LogP contribution < -0.4 is 5.69 Å². The number of rotatable bonds is 2. The normalized spacial score (nSPS) is 27.8. The van der Waals surface area contributed by atoms with E-state index in [4.69, 9.17) is 15.2 Å². The zero-order valence-electron chi connectivity index (χ0n) is 9.79. The van der Waals surface area contributed by atoms with Crippen molar-refractivity contribution in [3.63, 3.8) is 0 Å². The van der Waals surface area contributed by atoms with Crippen molar-refractivity contribution in [1.82, 2.24) is 9.55 Å². The Hall–Kier alpha value is -0.296. The topological polar surface area (TPSA) is 77.2 Å². The van der Waals surface area contributed by atoms with Crippen LogP contribution in [0.5, 0.6) is 0 Å². The molecule has 1 aliphatic heterocycles. The van der Waals surface area contributed by atoms with Crippen molar-refractivity contribution in [3.05, 3.63) is 28.5 Å². The van der Waals surface area contributed by atoms with Gasteiger partial charge in [0.2, 0.25) is 5.69 Å². The Morgan fingerprint density at radius 2 is 2.35 bits per heavy atom. The Kier molecular flexibility index (Phi) is 5.25. The van der Waals surface area contributed by atoms with E-state index < -0.39 is 5.69 Å². The molecule has 17 heavy (non-hydrogen) atoms. The number of aromatic nitrogens is 2. The van der Waals surface area contributed by atoms with Crippen LogP contribution in [0.25, 0.3) is 5.73 Å². The van der Waals surface area contributed by atoms with Gasteiger partial charge < -0.3 is 20.2 Å². The van der Waals surface area contributed by atoms with Gasteiger partial charge in [-0.3, -0.25) is 9.36 Å². The van der Waals surface area contributed by atoms with Gasteiger partial charge in [-0.05, 0) is 13.0 Å². The molecule has 6 nitrogen and oxygen atoms in total. The molecule has 0 spiro atoms. The molecule has 1 saturated heterocycles. The Labute approximate surface area is 124 Å². The molecule has 3 atom stereocenters. The Morgan fingerprint density at radius 3 is 2.88 bits per heavy atom. The van der Waals surface area contributed by atoms with Gasteiger partial charge in [0.1, 0.15) is 6.23 Å². The van der Waals surface area contributed by atoms with E-state index in [1.54, 1.807) is 7.11 Å². The fourth-order valence-electron chi connectivity index (χ4n) is 1.88. The molecule has 0 bridgehead atoms. The third-order valence-electron chi connectivity index (χ3n) is 2.77. The predicted molar refractivity (Wildman–Crippen MR) is 57.5 cm³/mol. The Balaban J connectivity index is 0.00000144. The van der Waals surface area contributed by atoms with Crippen LogP contribution >= 0.6 is 0 Å². The summed E-state index contributed by atoms with van der Waals surface area (Å²) >= 11 is 0. The van der Waals surface area contributed by atoms with Crippen molar-refractivity contribution in [2.75, 3.05) is 7.11 Å². The largest absolute Gasteiger partial charge is 0.482 e. The van der Waals surface area contributed by atoms with E-state index >= 15 is 0 Å². The number of ether oxygens (including phenoxy) is 2. The van der Waals surface area contributed by atoms with Crippen LogP contribution in [0.15, 0.2) is 17.1 Å². The third kappa shape index (κ3) is 3.13. The molecule has 1 aliphatic rings. The minimum Gasteiger partial charge on any atom is -0.482 e. The summed E-state index contributed by atoms with van der Waals surface area (Å²) in [6.45, 7) is 1.91. The number of methoxy groups -OCH3 is 1. The summed E-state index contributed by atoms with van der Waals surface area (Å²) in [6.07, 6.45) is 1.76. The van der Waals surface area contributed by atoms with Crippen molar-refractivity contribution >= 4 is 5.82 Å². The minimum absolute atomic E-state index is 0. The van der Waals surface area contributed by atoms with Crippen molar-refractivity contribution in [2.45, 2.75) is 31.8 Å². The molecular weight excluding hydrogens is 299 g/mol. The smallest absolute Gasteiger partial charge is 0.248 e. The zero-order chi connectivity index (χ0) is 11.7. The van der Waals surface area contributed by atoms with Crippen LogP contribution in [0, 0.1) is 0 Å². The average molecular weight is 313 g/mol. The maximum absolute atomic E-state index is 11.5. The minimum atomic E-state index is -0.457. The molecule has 0 saturated carbocycles. The summed E-state index contributed by atoms with van der Waals surface area (Å²) < 4.78 is 12.2. The van der Waals surface area contributed by atoms with Gasteiger partial charge >= 0.3 is 0 Å². The van der Waals surface area contributed by atoms with E-state index in [0.29, 0.717) is 6.42 Å². The first kappa shape index (κ1) is 14.8. The Morgan fingerprint density at radius 1 is 1.65 bits per heavy atom. The van der Waals surface area contributed by atoms with Crippen LogP contribution in [0.4, 0.5) is 5.82 Å². The predicted octanol–water partition coefficient (Wildman–Crippen LogP) is 1.25. The van der Waals surface area contributed by atoms with Gasteiger partial charge in [-0.15, -0.1) is 0 Å². The Bertz CT molecular complexity index is 437. The van der Waals surface area contributed by atoms with Crippen molar-refractivity contribution in [2.24, 2.45) is 0 Å². The van der Waals surface area contributed by atoms with Crippen molar-refractivity contribution in [3.8, 4) is 0 Å². The number of nitrogens with zero attached hydrogens (tertiary/aromatic N) is 2. The molecule has 0 aliphatic carbocycles. The van der Waals surface area contributed by atoms with Crippen LogP contribution in [-0.4, -0.2) is 28.9 Å². The molecule has 1 N–H and O–H groups in total. The SMILES string of the molecule is CO[C@@H]1C[C@H](n2ccc([NH-])nc2=O)O[C@@H]1C.[Y]. The molecule has 2 heterocycles. The summed E-state index contributed by atoms with van der Waals surface area (Å²) in [5.41, 5.74) is 6.77. The van der Waals surface area contributed by atoms with E-state index in [0.717, 1.165) is 0 Å². The summed E-state index contributed by atoms with van der Waals surface area (Å²) in [5, 5.41) is 0. The second-order valence-electron chi connectivity index (χ2n) is 3.81. The molecule has 7 heteroatoms. The van der Waals surface area contributed by atoms with E-state index in [2.05, 4.69) is 4.98 Å². The van der Waals surface area contributed by atoms with Crippen LogP contribution in [-0.2, 0) is 42.2 Å². The van der Waals surface area contributed by atoms with Gasteiger partial charge in [0, 0.05) is 52.4 Å². The van der Waals surface area contributed by atoms with E-state index in [9.17, 15) is 4.79 Å². The fraction of sp³-hybridized carbons (Fsp3) is 0.600. The average Bonchev–Trinajstić information content (AvgIpc) is 2.59. The van der Waals surface area contributed by atoms with Gasteiger partial charge in [-0.25, -0.2) is 0 Å². The van der Waals surface area contributed by atoms with Crippen LogP contribution in [0.1, 0.15) is 19.6 Å². The number of nitrogens with one attached hydrogen (secondary N) is 1. The molecule has 1 fully saturated rings. The molecular formula is C10H14N3O3Y-. The molecule has 0 amide bonds. The van der Waals surface area contributed by atoms with E-state index in [1.807, 2.05) is 6.92 Å². The summed E-state index contributed by atoms with van der Waals surface area (Å²) in [4.78, 5) is 15.1. The van der Waals surface area contributed by atoms with Crippen LogP contribution in [0.2, 0.25) is 0 Å². The third-order valence-corrected chi connectivity index (χ3v) is 2.77. The zero-order valence-corrected chi connectivity index (χ0v) is 12.6. The molecule has 91 valence electrons. The first-order chi connectivity index (χ1) is 7.61. The van der Waals surface area contributed by atoms with E-state index in [1.165, 1.54) is 16.8 Å². The van der Waals surface area contributed by atoms with Crippen molar-refractivity contribution < 1.29 is 42.2 Å². The molecule has 0 aromatic carbocycles. The van der Waals surface area contributed by atoms with Crippen LogP contribution in [0.3, 0.4) is 0 Å². The van der Waals surface area contributed by atoms with Gasteiger partial charge in [0.15, 0.2) is 0 Å². The molecule has 0 unspecified atom stereocenters. The molecule has 1 radical (unpaired) electrons. The van der Waals surface area contributed by atoms with Gasteiger partial charge in [0.05, 0.1) is 12.2 Å². The van der Waals surface area contributed by atoms with Gasteiger partial charge in [-0.1, -0.05) is 5.82 Å². The van der Waals surface area contributed by atoms with Gasteiger partial charge in [0.25, 0.3) is 0 Å². The maximum atomic E-state index is 11.5. The molecule has 1 aromatic rings. The summed E-state index contributed by atoms with van der Waals surface area (Å²) in [7, 11) is 1.63. The first-order valence-corrected chi connectivity index (χ1v) is 5.11. The van der Waals surface area contributed by atoms with E-state index in [-0.39, 0.29) is 57.0 Å². The monoisotopic (exact) mass is 313 g/mol. The van der Waals surface area contributed by atoms with Crippen molar-refractivity contribution in [1.29, 1.82) is 0 Å². The maximum Gasteiger partial charge on any atom is 0.248 e. The molecule has 1 aromatic heterocycles. The number of hydrogen-bond donors (Lipinski definition) is 0.